The average molecular weight is 453 g/mol. The standard InChI is InChI=1S/C26H33FN4O2/c1-18-8-12-30(13-9-18)24-7-6-22(29-26(33)28-21-5-3-4-20(27)16-21)17-23(24)25(32)31-14-10-19(2)11-15-31/h3-7,16-19H,8-15H2,1-2H3,(H2,28,29,33). The van der Waals surface area contributed by atoms with E-state index in [0.717, 1.165) is 57.5 Å². The predicted octanol–water partition coefficient (Wildman–Crippen LogP) is 5.58. The smallest absolute Gasteiger partial charge is 0.323 e. The van der Waals surface area contributed by atoms with Crippen LogP contribution in [0.5, 0.6) is 0 Å². The Morgan fingerprint density at radius 1 is 0.848 bits per heavy atom. The number of benzene rings is 2. The summed E-state index contributed by atoms with van der Waals surface area (Å²) in [6.45, 7) is 7.85. The highest BCUT2D eigenvalue weighted by Crippen LogP contribution is 2.31. The number of nitrogens with one attached hydrogen (secondary N) is 2. The quantitative estimate of drug-likeness (QED) is 0.637. The van der Waals surface area contributed by atoms with E-state index in [4.69, 9.17) is 0 Å². The van der Waals surface area contributed by atoms with Gasteiger partial charge in [0.2, 0.25) is 0 Å². The Bertz CT molecular complexity index is 996. The zero-order valence-corrected chi connectivity index (χ0v) is 19.4. The molecule has 2 aromatic carbocycles. The van der Waals surface area contributed by atoms with Gasteiger partial charge in [-0.3, -0.25) is 4.79 Å². The molecule has 2 fully saturated rings. The van der Waals surface area contributed by atoms with Gasteiger partial charge >= 0.3 is 6.03 Å². The summed E-state index contributed by atoms with van der Waals surface area (Å²) in [5.74, 6) is 0.925. The number of nitrogens with zero attached hydrogens (tertiary/aromatic N) is 2. The molecular weight excluding hydrogens is 419 g/mol. The lowest BCUT2D eigenvalue weighted by Crippen LogP contribution is -2.40. The predicted molar refractivity (Wildman–Crippen MR) is 130 cm³/mol. The van der Waals surface area contributed by atoms with Crippen molar-refractivity contribution in [3.63, 3.8) is 0 Å². The monoisotopic (exact) mass is 452 g/mol. The van der Waals surface area contributed by atoms with E-state index in [1.165, 1.54) is 18.2 Å². The number of anilines is 3. The Kier molecular flexibility index (Phi) is 7.16. The molecule has 0 spiro atoms. The summed E-state index contributed by atoms with van der Waals surface area (Å²) in [4.78, 5) is 30.2. The number of hydrogen-bond acceptors (Lipinski definition) is 3. The van der Waals surface area contributed by atoms with Gasteiger partial charge in [0.1, 0.15) is 5.82 Å². The van der Waals surface area contributed by atoms with Crippen molar-refractivity contribution in [1.29, 1.82) is 0 Å². The highest BCUT2D eigenvalue weighted by molar-refractivity contribution is 6.04. The molecule has 2 aromatic rings. The Balaban J connectivity index is 1.55. The first-order chi connectivity index (χ1) is 15.9. The van der Waals surface area contributed by atoms with Crippen LogP contribution in [-0.4, -0.2) is 43.0 Å². The van der Waals surface area contributed by atoms with Crippen molar-refractivity contribution >= 4 is 29.0 Å². The molecule has 0 aromatic heterocycles. The van der Waals surface area contributed by atoms with Gasteiger partial charge in [-0.2, -0.15) is 0 Å². The third kappa shape index (κ3) is 5.83. The zero-order valence-electron chi connectivity index (χ0n) is 19.4. The summed E-state index contributed by atoms with van der Waals surface area (Å²) in [6.07, 6.45) is 4.22. The van der Waals surface area contributed by atoms with Gasteiger partial charge in [0, 0.05) is 43.2 Å². The minimum atomic E-state index is -0.481. The highest BCUT2D eigenvalue weighted by Gasteiger charge is 2.27. The van der Waals surface area contributed by atoms with Crippen LogP contribution in [0.1, 0.15) is 49.9 Å². The van der Waals surface area contributed by atoms with Crippen LogP contribution in [0.2, 0.25) is 0 Å². The molecule has 2 heterocycles. The van der Waals surface area contributed by atoms with E-state index in [1.807, 2.05) is 17.0 Å². The number of likely N-dealkylation sites (tertiary alicyclic amines) is 1. The van der Waals surface area contributed by atoms with Crippen LogP contribution >= 0.6 is 0 Å². The lowest BCUT2D eigenvalue weighted by molar-refractivity contribution is 0.0697. The molecule has 0 atom stereocenters. The van der Waals surface area contributed by atoms with Gasteiger partial charge in [-0.15, -0.1) is 0 Å². The molecule has 176 valence electrons. The molecule has 2 aliphatic rings. The van der Waals surface area contributed by atoms with Crippen LogP contribution < -0.4 is 15.5 Å². The molecule has 0 aliphatic carbocycles. The zero-order chi connectivity index (χ0) is 23.4. The molecule has 7 heteroatoms. The third-order valence-corrected chi connectivity index (χ3v) is 6.76. The van der Waals surface area contributed by atoms with Crippen LogP contribution in [0.3, 0.4) is 0 Å². The largest absolute Gasteiger partial charge is 0.371 e. The van der Waals surface area contributed by atoms with E-state index in [0.29, 0.717) is 28.8 Å². The van der Waals surface area contributed by atoms with Gasteiger partial charge < -0.3 is 20.4 Å². The lowest BCUT2D eigenvalue weighted by Gasteiger charge is -2.35. The number of urea groups is 1. The van der Waals surface area contributed by atoms with Gasteiger partial charge in [-0.25, -0.2) is 9.18 Å². The molecule has 33 heavy (non-hydrogen) atoms. The van der Waals surface area contributed by atoms with Crippen molar-refractivity contribution in [2.24, 2.45) is 11.8 Å². The van der Waals surface area contributed by atoms with Crippen LogP contribution in [0.25, 0.3) is 0 Å². The first kappa shape index (κ1) is 23.1. The Morgan fingerprint density at radius 3 is 2.09 bits per heavy atom. The first-order valence-corrected chi connectivity index (χ1v) is 11.9. The average Bonchev–Trinajstić information content (AvgIpc) is 2.80. The topological polar surface area (TPSA) is 64.7 Å². The van der Waals surface area contributed by atoms with Crippen LogP contribution in [0.4, 0.5) is 26.2 Å². The number of carbonyl (C=O) groups excluding carboxylic acids is 2. The molecule has 2 saturated heterocycles. The number of rotatable bonds is 4. The van der Waals surface area contributed by atoms with Crippen molar-refractivity contribution in [1.82, 2.24) is 4.90 Å². The Hall–Kier alpha value is -3.09. The molecule has 2 aliphatic heterocycles. The molecular formula is C26H33FN4O2. The van der Waals surface area contributed by atoms with Crippen molar-refractivity contribution in [2.45, 2.75) is 39.5 Å². The van der Waals surface area contributed by atoms with Crippen LogP contribution in [-0.2, 0) is 0 Å². The maximum absolute atomic E-state index is 13.5. The number of amides is 3. The van der Waals surface area contributed by atoms with Gasteiger partial charge in [0.05, 0.1) is 5.56 Å². The maximum Gasteiger partial charge on any atom is 0.323 e. The molecule has 2 N–H and O–H groups in total. The van der Waals surface area contributed by atoms with E-state index < -0.39 is 11.8 Å². The van der Waals surface area contributed by atoms with Crippen LogP contribution in [0.15, 0.2) is 42.5 Å². The minimum absolute atomic E-state index is 0.0183. The molecule has 6 nitrogen and oxygen atoms in total. The van der Waals surface area contributed by atoms with Crippen molar-refractivity contribution in [3.8, 4) is 0 Å². The number of carbonyl (C=O) groups is 2. The second-order valence-corrected chi connectivity index (χ2v) is 9.47. The third-order valence-electron chi connectivity index (χ3n) is 6.76. The minimum Gasteiger partial charge on any atom is -0.371 e. The number of hydrogen-bond donors (Lipinski definition) is 2. The van der Waals surface area contributed by atoms with Crippen molar-refractivity contribution in [2.75, 3.05) is 41.7 Å². The normalized spacial score (nSPS) is 17.7. The van der Waals surface area contributed by atoms with Gasteiger partial charge in [0.25, 0.3) is 5.91 Å². The second kappa shape index (κ2) is 10.2. The summed E-state index contributed by atoms with van der Waals surface area (Å²) in [5, 5.41) is 5.43. The van der Waals surface area contributed by atoms with Crippen LogP contribution in [0, 0.1) is 17.7 Å². The highest BCUT2D eigenvalue weighted by atomic mass is 19.1. The van der Waals surface area contributed by atoms with Crippen molar-refractivity contribution in [3.05, 3.63) is 53.8 Å². The maximum atomic E-state index is 13.5. The van der Waals surface area contributed by atoms with E-state index in [-0.39, 0.29) is 5.91 Å². The Labute approximate surface area is 195 Å². The van der Waals surface area contributed by atoms with Gasteiger partial charge in [-0.05, 0) is 73.9 Å². The lowest BCUT2D eigenvalue weighted by atomic mass is 9.96. The molecule has 0 radical (unpaired) electrons. The van der Waals surface area contributed by atoms with Gasteiger partial charge in [0.15, 0.2) is 0 Å². The van der Waals surface area contributed by atoms with E-state index >= 15 is 0 Å². The summed E-state index contributed by atoms with van der Waals surface area (Å²) in [7, 11) is 0. The summed E-state index contributed by atoms with van der Waals surface area (Å²) in [6, 6.07) is 10.8. The molecule has 3 amide bonds. The van der Waals surface area contributed by atoms with E-state index in [1.54, 1.807) is 12.1 Å². The molecule has 4 rings (SSSR count). The summed E-state index contributed by atoms with van der Waals surface area (Å²) in [5.41, 5.74) is 2.46. The summed E-state index contributed by atoms with van der Waals surface area (Å²) < 4.78 is 13.4. The fraction of sp³-hybridized carbons (Fsp3) is 0.462. The summed E-state index contributed by atoms with van der Waals surface area (Å²) >= 11 is 0. The van der Waals surface area contributed by atoms with Crippen molar-refractivity contribution < 1.29 is 14.0 Å². The Morgan fingerprint density at radius 2 is 1.45 bits per heavy atom. The second-order valence-electron chi connectivity index (χ2n) is 9.47. The fourth-order valence-electron chi connectivity index (χ4n) is 4.55. The number of piperidine rings is 2. The fourth-order valence-corrected chi connectivity index (χ4v) is 4.55. The molecule has 0 bridgehead atoms. The van der Waals surface area contributed by atoms with E-state index in [2.05, 4.69) is 29.4 Å². The number of halogens is 1. The molecule has 0 saturated carbocycles. The first-order valence-electron chi connectivity index (χ1n) is 11.9. The molecule has 0 unspecified atom stereocenters. The SMILES string of the molecule is CC1CCN(C(=O)c2cc(NC(=O)Nc3cccc(F)c3)ccc2N2CCC(C)CC2)CC1. The van der Waals surface area contributed by atoms with Gasteiger partial charge in [-0.1, -0.05) is 19.9 Å². The van der Waals surface area contributed by atoms with E-state index in [9.17, 15) is 14.0 Å².